The quantitative estimate of drug-likeness (QED) is 0.671. The third-order valence-corrected chi connectivity index (χ3v) is 4.20. The summed E-state index contributed by atoms with van der Waals surface area (Å²) in [5.74, 6) is 0.738. The lowest BCUT2D eigenvalue weighted by Gasteiger charge is -2.12. The van der Waals surface area contributed by atoms with Crippen molar-refractivity contribution < 1.29 is 9.30 Å². The number of rotatable bonds is 4. The number of hydrogen-bond acceptors (Lipinski definition) is 7. The van der Waals surface area contributed by atoms with Crippen LogP contribution in [0.5, 0.6) is 5.88 Å². The van der Waals surface area contributed by atoms with E-state index in [-0.39, 0.29) is 27.8 Å². The Balaban J connectivity index is 2.40. The van der Waals surface area contributed by atoms with E-state index in [4.69, 9.17) is 27.9 Å². The summed E-state index contributed by atoms with van der Waals surface area (Å²) >= 11 is 11.7. The van der Waals surface area contributed by atoms with Crippen LogP contribution in [0.3, 0.4) is 0 Å². The third kappa shape index (κ3) is 3.81. The number of nitrogens with zero attached hydrogens (tertiary/aromatic N) is 4. The van der Waals surface area contributed by atoms with E-state index in [2.05, 4.69) is 25.3 Å². The Bertz CT molecular complexity index is 722. The van der Waals surface area contributed by atoms with Crippen LogP contribution in [0.2, 0.25) is 10.3 Å². The van der Waals surface area contributed by atoms with Crippen molar-refractivity contribution in [3.63, 3.8) is 0 Å². The molecule has 0 radical (unpaired) electrons. The predicted octanol–water partition coefficient (Wildman–Crippen LogP) is 2.57. The Morgan fingerprint density at radius 2 is 1.86 bits per heavy atom. The molecule has 0 atom stereocenters. The van der Waals surface area contributed by atoms with Crippen molar-refractivity contribution in [3.05, 3.63) is 22.7 Å². The van der Waals surface area contributed by atoms with Crippen molar-refractivity contribution in [1.82, 2.24) is 19.9 Å². The molecule has 0 aliphatic heterocycles. The smallest absolute Gasteiger partial charge is 0.258 e. The van der Waals surface area contributed by atoms with Gasteiger partial charge in [0.1, 0.15) is 17.6 Å². The highest BCUT2D eigenvalue weighted by molar-refractivity contribution is 7.69. The second-order valence-corrected chi connectivity index (χ2v) is 8.30. The minimum atomic E-state index is -2.53. The lowest BCUT2D eigenvalue weighted by Crippen LogP contribution is -2.13. The van der Waals surface area contributed by atoms with Crippen molar-refractivity contribution in [2.75, 3.05) is 25.8 Å². The molecule has 2 heterocycles. The largest absolute Gasteiger partial charge is 0.478 e. The van der Waals surface area contributed by atoms with Gasteiger partial charge in [-0.2, -0.15) is 4.98 Å². The van der Waals surface area contributed by atoms with E-state index >= 15 is 0 Å². The predicted molar refractivity (Wildman–Crippen MR) is 83.0 cm³/mol. The molecule has 1 N–H and O–H groups in total. The summed E-state index contributed by atoms with van der Waals surface area (Å²) < 4.78 is 17.2. The molecule has 0 aromatic carbocycles. The highest BCUT2D eigenvalue weighted by Gasteiger charge is 2.18. The van der Waals surface area contributed by atoms with Crippen LogP contribution < -0.4 is 15.5 Å². The molecule has 2 rings (SSSR count). The van der Waals surface area contributed by atoms with Gasteiger partial charge in [-0.3, -0.25) is 0 Å². The molecule has 112 valence electrons. The van der Waals surface area contributed by atoms with Gasteiger partial charge in [-0.1, -0.05) is 11.6 Å². The van der Waals surface area contributed by atoms with Gasteiger partial charge in [0.25, 0.3) is 5.88 Å². The number of ether oxygens (including phenoxy) is 1. The van der Waals surface area contributed by atoms with E-state index in [0.717, 1.165) is 0 Å². The zero-order valence-corrected chi connectivity index (χ0v) is 13.9. The van der Waals surface area contributed by atoms with Gasteiger partial charge in [0.2, 0.25) is 5.28 Å². The number of hydrogen-bond donors (Lipinski definition) is 1. The van der Waals surface area contributed by atoms with Crippen LogP contribution in [0.25, 0.3) is 0 Å². The first-order chi connectivity index (χ1) is 9.81. The zero-order valence-electron chi connectivity index (χ0n) is 11.5. The van der Waals surface area contributed by atoms with Crippen LogP contribution in [0.15, 0.2) is 12.4 Å². The summed E-state index contributed by atoms with van der Waals surface area (Å²) in [5, 5.41) is 3.16. The van der Waals surface area contributed by atoms with Gasteiger partial charge in [-0.25, -0.2) is 15.0 Å². The summed E-state index contributed by atoms with van der Waals surface area (Å²) in [6.07, 6.45) is 2.78. The molecule has 2 aromatic rings. The molecular formula is C11H12Cl2N5O2P. The maximum atomic E-state index is 12.0. The molecule has 0 fully saturated rings. The first kappa shape index (κ1) is 15.9. The van der Waals surface area contributed by atoms with Crippen molar-refractivity contribution in [2.45, 2.75) is 0 Å². The molecule has 0 aliphatic rings. The topological polar surface area (TPSA) is 89.9 Å². The van der Waals surface area contributed by atoms with Gasteiger partial charge in [-0.05, 0) is 24.9 Å². The molecule has 10 heteroatoms. The van der Waals surface area contributed by atoms with Gasteiger partial charge in [0.15, 0.2) is 11.6 Å². The number of anilines is 2. The molecular weight excluding hydrogens is 336 g/mol. The van der Waals surface area contributed by atoms with Crippen LogP contribution in [0.1, 0.15) is 0 Å². The van der Waals surface area contributed by atoms with Gasteiger partial charge < -0.3 is 14.6 Å². The fourth-order valence-corrected chi connectivity index (χ4v) is 2.34. The summed E-state index contributed by atoms with van der Waals surface area (Å²) in [7, 11) is -1.10. The van der Waals surface area contributed by atoms with E-state index in [9.17, 15) is 4.57 Å². The van der Waals surface area contributed by atoms with Crippen LogP contribution in [-0.2, 0) is 4.57 Å². The lowest BCUT2D eigenvalue weighted by atomic mass is 10.5. The standard InChI is InChI=1S/C11H12Cl2N5O2P/c1-20-10-9(14-5-7(16-10)21(2,3)19)17-8-6(12)4-15-11(13)18-8/h4-5H,1-3H3,(H,14,15,17,18). The average molecular weight is 348 g/mol. The zero-order chi connectivity index (χ0) is 15.6. The van der Waals surface area contributed by atoms with Crippen LogP contribution in [0.4, 0.5) is 11.6 Å². The summed E-state index contributed by atoms with van der Waals surface area (Å²) in [6, 6.07) is 0. The Kier molecular flexibility index (Phi) is 4.66. The van der Waals surface area contributed by atoms with Crippen molar-refractivity contribution >= 4 is 47.4 Å². The molecule has 0 saturated heterocycles. The fraction of sp³-hybridized carbons (Fsp3) is 0.273. The van der Waals surface area contributed by atoms with Gasteiger partial charge >= 0.3 is 0 Å². The SMILES string of the molecule is COc1nc(P(C)(C)=O)cnc1Nc1nc(Cl)ncc1Cl. The molecule has 0 saturated carbocycles. The van der Waals surface area contributed by atoms with E-state index in [1.165, 1.54) is 19.5 Å². The van der Waals surface area contributed by atoms with E-state index in [1.807, 2.05) is 0 Å². The summed E-state index contributed by atoms with van der Waals surface area (Å²) in [4.78, 5) is 16.0. The highest BCUT2D eigenvalue weighted by Crippen LogP contribution is 2.35. The molecule has 0 bridgehead atoms. The normalized spacial score (nSPS) is 11.3. The van der Waals surface area contributed by atoms with Crippen LogP contribution >= 0.6 is 30.3 Å². The molecule has 2 aromatic heterocycles. The molecule has 0 unspecified atom stereocenters. The fourth-order valence-electron chi connectivity index (χ4n) is 1.40. The van der Waals surface area contributed by atoms with Crippen molar-refractivity contribution in [1.29, 1.82) is 0 Å². The molecule has 0 amide bonds. The highest BCUT2D eigenvalue weighted by atomic mass is 35.5. The van der Waals surface area contributed by atoms with E-state index in [0.29, 0.717) is 5.44 Å². The Hall–Kier alpha value is -1.43. The monoisotopic (exact) mass is 347 g/mol. The van der Waals surface area contributed by atoms with E-state index in [1.54, 1.807) is 13.3 Å². The van der Waals surface area contributed by atoms with Crippen molar-refractivity contribution in [2.24, 2.45) is 0 Å². The number of halogens is 2. The van der Waals surface area contributed by atoms with E-state index < -0.39 is 7.14 Å². The van der Waals surface area contributed by atoms with Gasteiger partial charge in [0, 0.05) is 0 Å². The third-order valence-electron chi connectivity index (χ3n) is 2.42. The number of nitrogens with one attached hydrogen (secondary N) is 1. The second kappa shape index (κ2) is 6.13. The first-order valence-corrected chi connectivity index (χ1v) is 9.08. The maximum Gasteiger partial charge on any atom is 0.258 e. The summed E-state index contributed by atoms with van der Waals surface area (Å²) in [5.41, 5.74) is 0.372. The second-order valence-electron chi connectivity index (χ2n) is 4.40. The van der Waals surface area contributed by atoms with Gasteiger partial charge in [-0.15, -0.1) is 0 Å². The number of methoxy groups -OCH3 is 1. The minimum Gasteiger partial charge on any atom is -0.478 e. The van der Waals surface area contributed by atoms with Crippen molar-refractivity contribution in [3.8, 4) is 5.88 Å². The molecule has 0 spiro atoms. The minimum absolute atomic E-state index is 0.0389. The maximum absolute atomic E-state index is 12.0. The van der Waals surface area contributed by atoms with Crippen LogP contribution in [0, 0.1) is 0 Å². The molecule has 21 heavy (non-hydrogen) atoms. The first-order valence-electron chi connectivity index (χ1n) is 5.73. The van der Waals surface area contributed by atoms with Gasteiger partial charge in [0.05, 0.1) is 19.5 Å². The molecule has 7 nitrogen and oxygen atoms in total. The average Bonchev–Trinajstić information content (AvgIpc) is 2.42. The Morgan fingerprint density at radius 1 is 1.14 bits per heavy atom. The Labute approximate surface area is 131 Å². The molecule has 0 aliphatic carbocycles. The van der Waals surface area contributed by atoms with Crippen LogP contribution in [-0.4, -0.2) is 40.4 Å². The number of aromatic nitrogens is 4. The lowest BCUT2D eigenvalue weighted by molar-refractivity contribution is 0.399. The Morgan fingerprint density at radius 3 is 2.48 bits per heavy atom. The summed E-state index contributed by atoms with van der Waals surface area (Å²) in [6.45, 7) is 3.20.